The lowest BCUT2D eigenvalue weighted by molar-refractivity contribution is 0.298. The van der Waals surface area contributed by atoms with Gasteiger partial charge in [0, 0.05) is 12.4 Å². The molecule has 0 unspecified atom stereocenters. The minimum atomic E-state index is -0.0237. The van der Waals surface area contributed by atoms with Gasteiger partial charge >= 0.3 is 0 Å². The topological polar surface area (TPSA) is 180 Å². The van der Waals surface area contributed by atoms with Crippen LogP contribution < -0.4 is 20.9 Å². The highest BCUT2D eigenvalue weighted by molar-refractivity contribution is 5.94. The van der Waals surface area contributed by atoms with E-state index in [-0.39, 0.29) is 23.9 Å². The number of aromatic nitrogens is 6. The number of anilines is 2. The zero-order valence-corrected chi connectivity index (χ0v) is 27.6. The molecule has 252 valence electrons. The van der Waals surface area contributed by atoms with E-state index in [4.69, 9.17) is 20.9 Å². The summed E-state index contributed by atoms with van der Waals surface area (Å²) in [4.78, 5) is 8.68. The van der Waals surface area contributed by atoms with E-state index < -0.39 is 0 Å². The number of nitrogen functional groups attached to an aromatic ring is 2. The van der Waals surface area contributed by atoms with Gasteiger partial charge in [0.15, 0.2) is 11.6 Å². The molecule has 6 aromatic rings. The molecule has 0 aliphatic heterocycles. The van der Waals surface area contributed by atoms with Gasteiger partial charge < -0.3 is 20.9 Å². The molecule has 0 bridgehead atoms. The van der Waals surface area contributed by atoms with Gasteiger partial charge in [-0.25, -0.2) is 9.97 Å². The van der Waals surface area contributed by atoms with E-state index in [0.29, 0.717) is 36.6 Å². The van der Waals surface area contributed by atoms with E-state index >= 15 is 0 Å². The van der Waals surface area contributed by atoms with Crippen LogP contribution in [0.3, 0.4) is 0 Å². The second-order valence-electron chi connectivity index (χ2n) is 12.7. The van der Waals surface area contributed by atoms with Crippen molar-refractivity contribution in [2.45, 2.75) is 63.8 Å². The van der Waals surface area contributed by atoms with Crippen molar-refractivity contribution in [2.75, 3.05) is 11.5 Å². The number of benzene rings is 2. The standard InChI is InChI=1S/2C19H19N5O/c2*20-11-14-7-4-8-15(14)24-16-9-10-22-19(17(16)18(21)23-24)25-12-13-5-2-1-3-6-13/h2*1-3,5-6,9-10,14-15H,4,7-8,12H2,(H2,21,23)/t2*14-,15+/m10/s1. The van der Waals surface area contributed by atoms with Gasteiger partial charge in [0.2, 0.25) is 11.8 Å². The van der Waals surface area contributed by atoms with Crippen molar-refractivity contribution in [1.82, 2.24) is 29.5 Å². The SMILES string of the molecule is N#C[C@@H]1CCC[C@H]1n1nc(N)c2c(OCc3ccccc3)nccc21.N#C[C@H]1CCC[C@@H]1n1nc(N)c2c(OCc3ccccc3)nccc21. The number of hydrogen-bond donors (Lipinski definition) is 2. The van der Waals surface area contributed by atoms with Crippen molar-refractivity contribution in [3.05, 3.63) is 96.3 Å². The third-order valence-corrected chi connectivity index (χ3v) is 9.58. The van der Waals surface area contributed by atoms with E-state index in [1.807, 2.05) is 82.2 Å². The van der Waals surface area contributed by atoms with Crippen LogP contribution in [0.15, 0.2) is 85.2 Å². The van der Waals surface area contributed by atoms with E-state index in [1.165, 1.54) is 0 Å². The molecular formula is C38H38N10O2. The average molecular weight is 667 g/mol. The van der Waals surface area contributed by atoms with Crippen LogP contribution in [0.25, 0.3) is 21.8 Å². The summed E-state index contributed by atoms with van der Waals surface area (Å²) < 4.78 is 15.6. The van der Waals surface area contributed by atoms with E-state index in [9.17, 15) is 10.5 Å². The summed E-state index contributed by atoms with van der Waals surface area (Å²) >= 11 is 0. The first-order chi connectivity index (χ1) is 24.6. The van der Waals surface area contributed by atoms with Crippen molar-refractivity contribution in [2.24, 2.45) is 11.8 Å². The summed E-state index contributed by atoms with van der Waals surface area (Å²) in [5.41, 5.74) is 16.2. The summed E-state index contributed by atoms with van der Waals surface area (Å²) in [6.45, 7) is 0.837. The molecule has 4 aromatic heterocycles. The lowest BCUT2D eigenvalue weighted by atomic mass is 10.1. The molecule has 4 N–H and O–H groups in total. The maximum Gasteiger partial charge on any atom is 0.227 e. The number of fused-ring (bicyclic) bond motifs is 2. The Hall–Kier alpha value is -6.14. The first-order valence-corrected chi connectivity index (χ1v) is 16.9. The van der Waals surface area contributed by atoms with Crippen LogP contribution in [-0.2, 0) is 13.2 Å². The molecular weight excluding hydrogens is 628 g/mol. The molecule has 2 aliphatic rings. The maximum atomic E-state index is 9.38. The predicted octanol–water partition coefficient (Wildman–Crippen LogP) is 6.91. The molecule has 4 atom stereocenters. The van der Waals surface area contributed by atoms with Gasteiger partial charge in [-0.05, 0) is 61.8 Å². The Balaban J connectivity index is 0.000000157. The third kappa shape index (κ3) is 6.48. The van der Waals surface area contributed by atoms with Gasteiger partial charge in [0.05, 0.1) is 47.1 Å². The predicted molar refractivity (Wildman–Crippen MR) is 189 cm³/mol. The maximum absolute atomic E-state index is 9.38. The summed E-state index contributed by atoms with van der Waals surface area (Å²) in [5, 5.41) is 29.2. The van der Waals surface area contributed by atoms with Crippen molar-refractivity contribution >= 4 is 33.4 Å². The fraction of sp³-hybridized carbons (Fsp3) is 0.316. The minimum absolute atomic E-state index is 0.0237. The Morgan fingerprint density at radius 1 is 0.620 bits per heavy atom. The quantitative estimate of drug-likeness (QED) is 0.173. The average Bonchev–Trinajstić information content (AvgIpc) is 3.97. The fourth-order valence-electron chi connectivity index (χ4n) is 7.11. The highest BCUT2D eigenvalue weighted by Crippen LogP contribution is 2.41. The van der Waals surface area contributed by atoms with E-state index in [0.717, 1.165) is 71.5 Å². The van der Waals surface area contributed by atoms with Gasteiger partial charge in [-0.3, -0.25) is 9.36 Å². The van der Waals surface area contributed by atoms with E-state index in [1.54, 1.807) is 12.4 Å². The minimum Gasteiger partial charge on any atom is -0.472 e. The van der Waals surface area contributed by atoms with Gasteiger partial charge in [0.25, 0.3) is 0 Å². The van der Waals surface area contributed by atoms with Gasteiger partial charge in [-0.1, -0.05) is 60.7 Å². The summed E-state index contributed by atoms with van der Waals surface area (Å²) in [5.74, 6) is 1.71. The molecule has 0 spiro atoms. The smallest absolute Gasteiger partial charge is 0.227 e. The number of nitrogens with two attached hydrogens (primary N) is 2. The van der Waals surface area contributed by atoms with Crippen molar-refractivity contribution in [1.29, 1.82) is 10.5 Å². The highest BCUT2D eigenvalue weighted by atomic mass is 16.5. The molecule has 2 saturated carbocycles. The van der Waals surface area contributed by atoms with Crippen LogP contribution in [-0.4, -0.2) is 29.5 Å². The Bertz CT molecular complexity index is 2010. The highest BCUT2D eigenvalue weighted by Gasteiger charge is 2.33. The molecule has 12 heteroatoms. The Kier molecular flexibility index (Phi) is 9.43. The monoisotopic (exact) mass is 666 g/mol. The van der Waals surface area contributed by atoms with Gasteiger partial charge in [-0.2, -0.15) is 20.7 Å². The summed E-state index contributed by atoms with van der Waals surface area (Å²) in [6.07, 6.45) is 9.18. The zero-order chi connectivity index (χ0) is 34.5. The Labute approximate surface area is 289 Å². The molecule has 8 rings (SSSR count). The molecule has 4 heterocycles. The van der Waals surface area contributed by atoms with Crippen LogP contribution in [0.5, 0.6) is 11.8 Å². The van der Waals surface area contributed by atoms with Gasteiger partial charge in [0.1, 0.15) is 24.0 Å². The lowest BCUT2D eigenvalue weighted by Crippen LogP contribution is -2.14. The number of ether oxygens (including phenoxy) is 2. The molecule has 2 aromatic carbocycles. The largest absolute Gasteiger partial charge is 0.472 e. The van der Waals surface area contributed by atoms with Crippen LogP contribution in [0, 0.1) is 34.5 Å². The first kappa shape index (κ1) is 32.4. The normalized spacial score (nSPS) is 19.8. The molecule has 0 amide bonds. The number of nitriles is 2. The molecule has 0 saturated heterocycles. The van der Waals surface area contributed by atoms with Crippen LogP contribution in [0.1, 0.15) is 61.7 Å². The van der Waals surface area contributed by atoms with E-state index in [2.05, 4.69) is 32.3 Å². The molecule has 2 aliphatic carbocycles. The van der Waals surface area contributed by atoms with Crippen molar-refractivity contribution < 1.29 is 9.47 Å². The molecule has 2 fully saturated rings. The molecule has 50 heavy (non-hydrogen) atoms. The van der Waals surface area contributed by atoms with Crippen LogP contribution >= 0.6 is 0 Å². The lowest BCUT2D eigenvalue weighted by Gasteiger charge is -2.15. The van der Waals surface area contributed by atoms with Crippen LogP contribution in [0.2, 0.25) is 0 Å². The second kappa shape index (κ2) is 14.5. The van der Waals surface area contributed by atoms with Crippen molar-refractivity contribution in [3.8, 4) is 23.9 Å². The number of pyridine rings is 2. The first-order valence-electron chi connectivity index (χ1n) is 16.9. The van der Waals surface area contributed by atoms with Crippen LogP contribution in [0.4, 0.5) is 11.6 Å². The second-order valence-corrected chi connectivity index (χ2v) is 12.7. The molecule has 12 nitrogen and oxygen atoms in total. The fourth-order valence-corrected chi connectivity index (χ4v) is 7.11. The van der Waals surface area contributed by atoms with Crippen molar-refractivity contribution in [3.63, 3.8) is 0 Å². The number of rotatable bonds is 8. The number of nitrogens with zero attached hydrogens (tertiary/aromatic N) is 8. The Morgan fingerprint density at radius 3 is 1.44 bits per heavy atom. The third-order valence-electron chi connectivity index (χ3n) is 9.58. The summed E-state index contributed by atoms with van der Waals surface area (Å²) in [6, 6.07) is 28.6. The van der Waals surface area contributed by atoms with Gasteiger partial charge in [-0.15, -0.1) is 0 Å². The molecule has 0 radical (unpaired) electrons. The Morgan fingerprint density at radius 2 is 1.04 bits per heavy atom. The zero-order valence-electron chi connectivity index (χ0n) is 27.6. The summed E-state index contributed by atoms with van der Waals surface area (Å²) in [7, 11) is 0. The number of hydrogen-bond acceptors (Lipinski definition) is 10.